The smallest absolute Gasteiger partial charge is 0.258 e. The molecule has 0 unspecified atom stereocenters. The fraction of sp³-hybridized carbons (Fsp3) is 0.115. The predicted octanol–water partition coefficient (Wildman–Crippen LogP) is 4.17. The van der Waals surface area contributed by atoms with E-state index < -0.39 is 5.91 Å². The molecular formula is C26H20FN3O3. The number of carbonyl (C=O) groups excluding carboxylic acids is 2. The molecule has 1 aliphatic rings. The molecule has 0 saturated heterocycles. The SMILES string of the molecule is O=C(NCc1ccccc1)c1c2c(c(O)c3ncccc13)C(=O)N(Cc1ccc(F)cc1)C2. The largest absolute Gasteiger partial charge is 0.505 e. The van der Waals surface area contributed by atoms with E-state index in [0.29, 0.717) is 23.1 Å². The van der Waals surface area contributed by atoms with Crippen LogP contribution in [0.4, 0.5) is 4.39 Å². The quantitative estimate of drug-likeness (QED) is 0.487. The van der Waals surface area contributed by atoms with Crippen molar-refractivity contribution in [3.63, 3.8) is 0 Å². The monoisotopic (exact) mass is 441 g/mol. The maximum absolute atomic E-state index is 13.3. The number of hydrogen-bond acceptors (Lipinski definition) is 4. The van der Waals surface area contributed by atoms with Crippen LogP contribution in [-0.4, -0.2) is 26.8 Å². The van der Waals surface area contributed by atoms with Gasteiger partial charge in [-0.25, -0.2) is 4.39 Å². The van der Waals surface area contributed by atoms with Gasteiger partial charge in [0.2, 0.25) is 0 Å². The number of phenols is 1. The van der Waals surface area contributed by atoms with E-state index in [4.69, 9.17) is 0 Å². The minimum atomic E-state index is -0.392. The maximum Gasteiger partial charge on any atom is 0.258 e. The van der Waals surface area contributed by atoms with Crippen LogP contribution in [0.2, 0.25) is 0 Å². The molecule has 3 aromatic carbocycles. The van der Waals surface area contributed by atoms with Crippen molar-refractivity contribution in [2.24, 2.45) is 0 Å². The minimum absolute atomic E-state index is 0.0909. The summed E-state index contributed by atoms with van der Waals surface area (Å²) in [6, 6.07) is 18.8. The fourth-order valence-electron chi connectivity index (χ4n) is 4.22. The molecule has 4 aromatic rings. The third-order valence-electron chi connectivity index (χ3n) is 5.80. The van der Waals surface area contributed by atoms with Gasteiger partial charge in [0.15, 0.2) is 5.75 Å². The lowest BCUT2D eigenvalue weighted by molar-refractivity contribution is 0.0763. The molecule has 6 nitrogen and oxygen atoms in total. The van der Waals surface area contributed by atoms with Gasteiger partial charge < -0.3 is 15.3 Å². The molecule has 7 heteroatoms. The van der Waals surface area contributed by atoms with Crippen molar-refractivity contribution in [2.75, 3.05) is 0 Å². The summed E-state index contributed by atoms with van der Waals surface area (Å²) in [4.78, 5) is 32.3. The highest BCUT2D eigenvalue weighted by Gasteiger charge is 2.36. The molecule has 0 bridgehead atoms. The lowest BCUT2D eigenvalue weighted by Gasteiger charge is -2.16. The zero-order valence-corrected chi connectivity index (χ0v) is 17.6. The van der Waals surface area contributed by atoms with Crippen LogP contribution >= 0.6 is 0 Å². The molecular weight excluding hydrogens is 421 g/mol. The fourth-order valence-corrected chi connectivity index (χ4v) is 4.22. The summed E-state index contributed by atoms with van der Waals surface area (Å²) < 4.78 is 13.3. The molecule has 164 valence electrons. The molecule has 0 atom stereocenters. The Morgan fingerprint density at radius 3 is 2.55 bits per heavy atom. The van der Waals surface area contributed by atoms with Crippen LogP contribution in [-0.2, 0) is 19.6 Å². The highest BCUT2D eigenvalue weighted by atomic mass is 19.1. The number of phenolic OH excluding ortho intramolecular Hbond substituents is 1. The van der Waals surface area contributed by atoms with E-state index >= 15 is 0 Å². The van der Waals surface area contributed by atoms with Crippen LogP contribution in [0.1, 0.15) is 37.4 Å². The highest BCUT2D eigenvalue weighted by molar-refractivity contribution is 6.15. The number of pyridine rings is 1. The Hall–Kier alpha value is -4.26. The standard InChI is InChI=1S/C26H20FN3O3/c27-18-10-8-17(9-11-18)14-30-15-20-21(25(32)29-13-16-5-2-1-3-6-16)19-7-4-12-28-23(19)24(31)22(20)26(30)33/h1-12,31H,13-15H2,(H,29,32). The van der Waals surface area contributed by atoms with Crippen LogP contribution in [0.3, 0.4) is 0 Å². The normalized spacial score (nSPS) is 12.8. The first-order valence-electron chi connectivity index (χ1n) is 10.5. The van der Waals surface area contributed by atoms with Crippen molar-refractivity contribution in [1.82, 2.24) is 15.2 Å². The second-order valence-electron chi connectivity index (χ2n) is 7.93. The number of aromatic nitrogens is 1. The molecule has 2 heterocycles. The van der Waals surface area contributed by atoms with Crippen LogP contribution in [0.5, 0.6) is 5.75 Å². The number of fused-ring (bicyclic) bond motifs is 2. The zero-order valence-electron chi connectivity index (χ0n) is 17.6. The van der Waals surface area contributed by atoms with E-state index in [-0.39, 0.29) is 41.6 Å². The van der Waals surface area contributed by atoms with Gasteiger partial charge >= 0.3 is 0 Å². The molecule has 5 rings (SSSR count). The summed E-state index contributed by atoms with van der Waals surface area (Å²) in [6.07, 6.45) is 1.51. The van der Waals surface area contributed by atoms with Gasteiger partial charge in [-0.2, -0.15) is 0 Å². The average molecular weight is 441 g/mol. The molecule has 0 aliphatic carbocycles. The van der Waals surface area contributed by atoms with Crippen molar-refractivity contribution in [3.05, 3.63) is 107 Å². The number of benzene rings is 3. The molecule has 1 aliphatic heterocycles. The molecule has 1 aromatic heterocycles. The first-order chi connectivity index (χ1) is 16.0. The van der Waals surface area contributed by atoms with Gasteiger partial charge in [0.25, 0.3) is 11.8 Å². The van der Waals surface area contributed by atoms with Crippen molar-refractivity contribution in [1.29, 1.82) is 0 Å². The number of nitrogens with one attached hydrogen (secondary N) is 1. The van der Waals surface area contributed by atoms with Crippen LogP contribution in [0.15, 0.2) is 72.9 Å². The minimum Gasteiger partial charge on any atom is -0.505 e. The van der Waals surface area contributed by atoms with E-state index in [1.54, 1.807) is 24.3 Å². The molecule has 33 heavy (non-hydrogen) atoms. The second-order valence-corrected chi connectivity index (χ2v) is 7.93. The molecule has 0 radical (unpaired) electrons. The predicted molar refractivity (Wildman–Crippen MR) is 121 cm³/mol. The summed E-state index contributed by atoms with van der Waals surface area (Å²) in [5.74, 6) is -1.32. The Balaban J connectivity index is 1.54. The third kappa shape index (κ3) is 3.78. The average Bonchev–Trinajstić information content (AvgIpc) is 3.15. The molecule has 2 N–H and O–H groups in total. The molecule has 0 saturated carbocycles. The summed E-state index contributed by atoms with van der Waals surface area (Å²) >= 11 is 0. The van der Waals surface area contributed by atoms with Crippen molar-refractivity contribution < 1.29 is 19.1 Å². The van der Waals surface area contributed by atoms with Crippen LogP contribution < -0.4 is 5.32 Å². The number of carbonyl (C=O) groups is 2. The lowest BCUT2D eigenvalue weighted by atomic mass is 9.96. The molecule has 0 fully saturated rings. The maximum atomic E-state index is 13.3. The number of amides is 2. The number of hydrogen-bond donors (Lipinski definition) is 2. The molecule has 2 amide bonds. The Labute approximate surface area is 189 Å². The van der Waals surface area contributed by atoms with Crippen molar-refractivity contribution >= 4 is 22.7 Å². The van der Waals surface area contributed by atoms with Crippen LogP contribution in [0.25, 0.3) is 10.9 Å². The first-order valence-corrected chi connectivity index (χ1v) is 10.5. The van der Waals surface area contributed by atoms with Gasteiger partial charge in [-0.05, 0) is 29.3 Å². The third-order valence-corrected chi connectivity index (χ3v) is 5.80. The van der Waals surface area contributed by atoms with E-state index in [9.17, 15) is 19.1 Å². The Morgan fingerprint density at radius 1 is 1.03 bits per heavy atom. The van der Waals surface area contributed by atoms with Crippen molar-refractivity contribution in [3.8, 4) is 5.75 Å². The zero-order chi connectivity index (χ0) is 22.9. The Morgan fingerprint density at radius 2 is 1.79 bits per heavy atom. The highest BCUT2D eigenvalue weighted by Crippen LogP contribution is 2.39. The second kappa shape index (κ2) is 8.35. The van der Waals surface area contributed by atoms with E-state index in [1.165, 1.54) is 23.2 Å². The number of halogens is 1. The Bertz CT molecular complexity index is 1370. The van der Waals surface area contributed by atoms with E-state index in [0.717, 1.165) is 11.1 Å². The van der Waals surface area contributed by atoms with Gasteiger partial charge in [-0.3, -0.25) is 14.6 Å². The van der Waals surface area contributed by atoms with Crippen LogP contribution in [0, 0.1) is 5.82 Å². The number of rotatable bonds is 5. The summed E-state index contributed by atoms with van der Waals surface area (Å²) in [6.45, 7) is 0.699. The Kier molecular flexibility index (Phi) is 5.22. The van der Waals surface area contributed by atoms with E-state index in [2.05, 4.69) is 10.3 Å². The van der Waals surface area contributed by atoms with Crippen molar-refractivity contribution in [2.45, 2.75) is 19.6 Å². The van der Waals surface area contributed by atoms with Gasteiger partial charge in [0, 0.05) is 36.8 Å². The van der Waals surface area contributed by atoms with Gasteiger partial charge in [0.1, 0.15) is 11.3 Å². The summed E-state index contributed by atoms with van der Waals surface area (Å²) in [7, 11) is 0. The number of aromatic hydroxyl groups is 1. The number of nitrogens with zero attached hydrogens (tertiary/aromatic N) is 2. The topological polar surface area (TPSA) is 82.5 Å². The van der Waals surface area contributed by atoms with Gasteiger partial charge in [-0.1, -0.05) is 48.5 Å². The lowest BCUT2D eigenvalue weighted by Crippen LogP contribution is -2.25. The molecule has 0 spiro atoms. The van der Waals surface area contributed by atoms with E-state index in [1.807, 2.05) is 30.3 Å². The van der Waals surface area contributed by atoms with Gasteiger partial charge in [-0.15, -0.1) is 0 Å². The summed E-state index contributed by atoms with van der Waals surface area (Å²) in [5.41, 5.74) is 2.78. The van der Waals surface area contributed by atoms with Gasteiger partial charge in [0.05, 0.1) is 11.1 Å². The first kappa shape index (κ1) is 20.6. The summed E-state index contributed by atoms with van der Waals surface area (Å²) in [5, 5.41) is 14.3.